The highest BCUT2D eigenvalue weighted by Crippen LogP contribution is 2.45. The van der Waals surface area contributed by atoms with E-state index in [1.807, 2.05) is 0 Å². The van der Waals surface area contributed by atoms with Gasteiger partial charge in [-0.1, -0.05) is 0 Å². The number of amides is 2. The second-order valence-electron chi connectivity index (χ2n) is 8.98. The van der Waals surface area contributed by atoms with Crippen molar-refractivity contribution in [3.8, 4) is 5.75 Å². The number of nitrogens with one attached hydrogen (secondary N) is 1. The van der Waals surface area contributed by atoms with Crippen LogP contribution in [-0.4, -0.2) is 39.5 Å². The molecule has 1 saturated heterocycles. The van der Waals surface area contributed by atoms with Gasteiger partial charge in [-0.25, -0.2) is 8.78 Å². The van der Waals surface area contributed by atoms with Crippen molar-refractivity contribution >= 4 is 11.8 Å². The van der Waals surface area contributed by atoms with Crippen LogP contribution in [0.4, 0.5) is 8.78 Å². The lowest BCUT2D eigenvalue weighted by molar-refractivity contribution is 0.0584. The second-order valence-corrected chi connectivity index (χ2v) is 8.98. The van der Waals surface area contributed by atoms with Gasteiger partial charge in [0, 0.05) is 30.9 Å². The van der Waals surface area contributed by atoms with Gasteiger partial charge in [0.1, 0.15) is 17.2 Å². The maximum Gasteiger partial charge on any atom is 0.274 e. The molecule has 1 spiro atoms. The molecule has 4 heterocycles. The maximum atomic E-state index is 14.2. The van der Waals surface area contributed by atoms with Crippen molar-refractivity contribution in [2.75, 3.05) is 13.1 Å². The van der Waals surface area contributed by atoms with Crippen molar-refractivity contribution < 1.29 is 23.5 Å². The van der Waals surface area contributed by atoms with Crippen LogP contribution in [0.1, 0.15) is 63.4 Å². The molecule has 7 nitrogen and oxygen atoms in total. The van der Waals surface area contributed by atoms with Gasteiger partial charge < -0.3 is 19.9 Å². The van der Waals surface area contributed by atoms with Gasteiger partial charge in [-0.3, -0.25) is 14.4 Å². The Morgan fingerprint density at radius 3 is 2.62 bits per heavy atom. The van der Waals surface area contributed by atoms with E-state index in [-0.39, 0.29) is 16.8 Å². The number of fused-ring (bicyclic) bond motifs is 1. The van der Waals surface area contributed by atoms with Crippen molar-refractivity contribution in [3.05, 3.63) is 62.1 Å². The molecule has 0 radical (unpaired) electrons. The van der Waals surface area contributed by atoms with Crippen molar-refractivity contribution in [1.29, 1.82) is 0 Å². The standard InChI is InChI=1S/C23H23F2N3O4/c1-12-8-14(24)13(15(25)9-12)10-26-21(31)17-16-4-6-23-5-2-3-7-27(11-23)22(32)18(28(16)23)20(30)19(17)29/h8-9,30H,2-7,10-11H2,1H3,(H,26,31)/t23-/m1/s1. The predicted molar refractivity (Wildman–Crippen MR) is 111 cm³/mol. The summed E-state index contributed by atoms with van der Waals surface area (Å²) in [4.78, 5) is 40.7. The molecule has 9 heteroatoms. The van der Waals surface area contributed by atoms with Crippen LogP contribution in [0, 0.1) is 18.6 Å². The zero-order valence-corrected chi connectivity index (χ0v) is 17.6. The summed E-state index contributed by atoms with van der Waals surface area (Å²) in [5, 5.41) is 13.1. The Morgan fingerprint density at radius 2 is 1.91 bits per heavy atom. The average molecular weight is 443 g/mol. The molecule has 32 heavy (non-hydrogen) atoms. The van der Waals surface area contributed by atoms with Gasteiger partial charge in [0.05, 0.1) is 5.54 Å². The van der Waals surface area contributed by atoms with Crippen molar-refractivity contribution in [3.63, 3.8) is 0 Å². The molecule has 2 bridgehead atoms. The number of benzene rings is 1. The predicted octanol–water partition coefficient (Wildman–Crippen LogP) is 2.35. The topological polar surface area (TPSA) is 91.6 Å². The minimum Gasteiger partial charge on any atom is -0.503 e. The van der Waals surface area contributed by atoms with Gasteiger partial charge in [0.2, 0.25) is 5.43 Å². The highest BCUT2D eigenvalue weighted by atomic mass is 19.1. The first kappa shape index (κ1) is 20.7. The van der Waals surface area contributed by atoms with Gasteiger partial charge in [-0.15, -0.1) is 0 Å². The summed E-state index contributed by atoms with van der Waals surface area (Å²) in [7, 11) is 0. The number of rotatable bonds is 3. The summed E-state index contributed by atoms with van der Waals surface area (Å²) in [6.07, 6.45) is 3.56. The zero-order chi connectivity index (χ0) is 22.8. The SMILES string of the molecule is Cc1cc(F)c(CNC(=O)c2c3n4c(c(O)c2=O)C(=O)N2CCCC[C@@]4(CC3)C2)c(F)c1. The maximum absolute atomic E-state index is 14.2. The molecule has 168 valence electrons. The molecule has 3 aliphatic heterocycles. The molecule has 0 unspecified atom stereocenters. The number of hydrogen-bond donors (Lipinski definition) is 2. The van der Waals surface area contributed by atoms with Gasteiger partial charge in [0.15, 0.2) is 11.4 Å². The normalized spacial score (nSPS) is 21.3. The lowest BCUT2D eigenvalue weighted by Crippen LogP contribution is -2.52. The third kappa shape index (κ3) is 2.87. The Morgan fingerprint density at radius 1 is 1.19 bits per heavy atom. The van der Waals surface area contributed by atoms with Gasteiger partial charge in [-0.05, 0) is 56.7 Å². The first-order chi connectivity index (χ1) is 15.2. The van der Waals surface area contributed by atoms with Crippen LogP contribution in [0.15, 0.2) is 16.9 Å². The van der Waals surface area contributed by atoms with E-state index in [2.05, 4.69) is 5.32 Å². The number of hydrogen-bond acceptors (Lipinski definition) is 4. The minimum atomic E-state index is -0.932. The quantitative estimate of drug-likeness (QED) is 0.762. The monoisotopic (exact) mass is 443 g/mol. The molecule has 2 N–H and O–H groups in total. The Labute approximate surface area is 182 Å². The fourth-order valence-electron chi connectivity index (χ4n) is 5.50. The van der Waals surface area contributed by atoms with E-state index in [0.29, 0.717) is 37.2 Å². The van der Waals surface area contributed by atoms with Crippen LogP contribution >= 0.6 is 0 Å². The number of halogens is 2. The van der Waals surface area contributed by atoms with E-state index in [4.69, 9.17) is 0 Å². The Bertz CT molecular complexity index is 1220. The molecule has 0 saturated carbocycles. The molecule has 1 atom stereocenters. The summed E-state index contributed by atoms with van der Waals surface area (Å²) in [5.41, 5.74) is -1.20. The minimum absolute atomic E-state index is 0.0529. The number of carbonyl (C=O) groups is 2. The highest BCUT2D eigenvalue weighted by molar-refractivity contribution is 6.00. The van der Waals surface area contributed by atoms with Crippen molar-refractivity contribution in [2.24, 2.45) is 0 Å². The van der Waals surface area contributed by atoms with E-state index in [0.717, 1.165) is 31.4 Å². The van der Waals surface area contributed by atoms with E-state index < -0.39 is 46.7 Å². The summed E-state index contributed by atoms with van der Waals surface area (Å²) < 4.78 is 30.0. The molecule has 0 aliphatic carbocycles. The fraction of sp³-hybridized carbons (Fsp3) is 0.435. The summed E-state index contributed by atoms with van der Waals surface area (Å²) >= 11 is 0. The first-order valence-electron chi connectivity index (χ1n) is 10.8. The number of aryl methyl sites for hydroxylation is 1. The number of aromatic nitrogens is 1. The largest absolute Gasteiger partial charge is 0.503 e. The molecular weight excluding hydrogens is 420 g/mol. The van der Waals surface area contributed by atoms with Gasteiger partial charge >= 0.3 is 0 Å². The average Bonchev–Trinajstić information content (AvgIpc) is 2.97. The van der Waals surface area contributed by atoms with Crippen LogP contribution in [0.2, 0.25) is 0 Å². The summed E-state index contributed by atoms with van der Waals surface area (Å²) in [5.74, 6) is -3.55. The first-order valence-corrected chi connectivity index (χ1v) is 10.8. The van der Waals surface area contributed by atoms with Crippen molar-refractivity contribution in [1.82, 2.24) is 14.8 Å². The van der Waals surface area contributed by atoms with E-state index in [1.165, 1.54) is 0 Å². The van der Waals surface area contributed by atoms with Crippen LogP contribution in [0.25, 0.3) is 0 Å². The Hall–Kier alpha value is -3.23. The Kier molecular flexibility index (Phi) is 4.61. The molecule has 3 aliphatic rings. The lowest BCUT2D eigenvalue weighted by Gasteiger charge is -2.41. The smallest absolute Gasteiger partial charge is 0.274 e. The molecule has 1 aromatic carbocycles. The molecule has 5 rings (SSSR count). The number of nitrogens with zero attached hydrogens (tertiary/aromatic N) is 2. The number of carbonyl (C=O) groups excluding carboxylic acids is 2. The van der Waals surface area contributed by atoms with Crippen LogP contribution < -0.4 is 10.7 Å². The van der Waals surface area contributed by atoms with Crippen LogP contribution in [0.5, 0.6) is 5.75 Å². The van der Waals surface area contributed by atoms with Gasteiger partial charge in [0.25, 0.3) is 11.8 Å². The molecule has 1 aromatic heterocycles. The third-order valence-corrected chi connectivity index (χ3v) is 6.98. The highest BCUT2D eigenvalue weighted by Gasteiger charge is 2.50. The summed E-state index contributed by atoms with van der Waals surface area (Å²) in [6, 6.07) is 2.33. The number of pyridine rings is 1. The second kappa shape index (κ2) is 7.15. The van der Waals surface area contributed by atoms with Crippen molar-refractivity contribution in [2.45, 2.75) is 51.1 Å². The summed E-state index contributed by atoms with van der Waals surface area (Å²) in [6.45, 7) is 2.16. The molecule has 2 aromatic rings. The molecule has 2 amide bonds. The van der Waals surface area contributed by atoms with Crippen LogP contribution in [0.3, 0.4) is 0 Å². The molecular formula is C23H23F2N3O4. The Balaban J connectivity index is 1.57. The molecule has 1 fully saturated rings. The van der Waals surface area contributed by atoms with E-state index >= 15 is 0 Å². The van der Waals surface area contributed by atoms with E-state index in [1.54, 1.807) is 16.4 Å². The van der Waals surface area contributed by atoms with Gasteiger partial charge in [-0.2, -0.15) is 0 Å². The fourth-order valence-corrected chi connectivity index (χ4v) is 5.50. The lowest BCUT2D eigenvalue weighted by atomic mass is 9.89. The third-order valence-electron chi connectivity index (χ3n) is 6.98. The van der Waals surface area contributed by atoms with Crippen LogP contribution in [-0.2, 0) is 18.5 Å². The zero-order valence-electron chi connectivity index (χ0n) is 17.6. The number of aromatic hydroxyl groups is 1. The van der Waals surface area contributed by atoms with E-state index in [9.17, 15) is 28.3 Å².